The highest BCUT2D eigenvalue weighted by atomic mass is 19.1. The van der Waals surface area contributed by atoms with Gasteiger partial charge in [-0.15, -0.1) is 0 Å². The van der Waals surface area contributed by atoms with Crippen LogP contribution in [-0.2, 0) is 9.59 Å². The zero-order chi connectivity index (χ0) is 36.4. The van der Waals surface area contributed by atoms with E-state index in [2.05, 4.69) is 55.2 Å². The third kappa shape index (κ3) is 15.4. The van der Waals surface area contributed by atoms with Crippen molar-refractivity contribution in [1.82, 2.24) is 20.6 Å². The minimum Gasteiger partial charge on any atom is -0.356 e. The number of amides is 2. The van der Waals surface area contributed by atoms with Gasteiger partial charge in [-0.25, -0.2) is 9.37 Å². The Bertz CT molecular complexity index is 1210. The van der Waals surface area contributed by atoms with Gasteiger partial charge in [0.25, 0.3) is 5.91 Å². The van der Waals surface area contributed by atoms with Crippen LogP contribution in [0.1, 0.15) is 156 Å². The van der Waals surface area contributed by atoms with Crippen molar-refractivity contribution in [1.29, 1.82) is 16.2 Å². The largest absolute Gasteiger partial charge is 0.356 e. The molecule has 48 heavy (non-hydrogen) atoms. The number of piperidine rings is 1. The van der Waals surface area contributed by atoms with Crippen LogP contribution in [0, 0.1) is 40.9 Å². The maximum Gasteiger partial charge on any atom is 0.271 e. The lowest BCUT2D eigenvalue weighted by molar-refractivity contribution is -0.122. The number of hydrogen-bond acceptors (Lipinski definition) is 6. The first-order chi connectivity index (χ1) is 22.6. The Hall–Kier alpha value is -3.17. The third-order valence-electron chi connectivity index (χ3n) is 9.43. The zero-order valence-electron chi connectivity index (χ0n) is 31.4. The quantitative estimate of drug-likeness (QED) is 0.0862. The van der Waals surface area contributed by atoms with Crippen LogP contribution in [0.15, 0.2) is 17.3 Å². The molecule has 0 aromatic carbocycles. The lowest BCUT2D eigenvalue weighted by Gasteiger charge is -2.35. The summed E-state index contributed by atoms with van der Waals surface area (Å²) >= 11 is 0. The molecule has 1 aromatic rings. The highest BCUT2D eigenvalue weighted by Gasteiger charge is 2.36. The van der Waals surface area contributed by atoms with Gasteiger partial charge in [0.15, 0.2) is 0 Å². The molecule has 2 aliphatic rings. The Balaban J connectivity index is 0.000000410. The molecule has 2 fully saturated rings. The van der Waals surface area contributed by atoms with Crippen LogP contribution < -0.4 is 10.6 Å². The van der Waals surface area contributed by atoms with Gasteiger partial charge in [0.2, 0.25) is 5.91 Å². The summed E-state index contributed by atoms with van der Waals surface area (Å²) in [6.45, 7) is 18.9. The van der Waals surface area contributed by atoms with Crippen LogP contribution in [0.4, 0.5) is 4.39 Å². The van der Waals surface area contributed by atoms with Crippen molar-refractivity contribution in [3.8, 4) is 0 Å². The van der Waals surface area contributed by atoms with Gasteiger partial charge in [-0.05, 0) is 109 Å². The number of alkyl halides is 1. The molecular weight excluding hydrogens is 605 g/mol. The normalized spacial score (nSPS) is 21.6. The third-order valence-corrected chi connectivity index (χ3v) is 9.43. The number of aromatic amines is 1. The fraction of sp³-hybridized carbons (Fsp3) is 0.737. The van der Waals surface area contributed by atoms with Crippen LogP contribution in [0.25, 0.3) is 0 Å². The number of carbonyl (C=O) groups excluding carboxylic acids is 2. The summed E-state index contributed by atoms with van der Waals surface area (Å²) in [6.07, 6.45) is 13.7. The molecule has 3 atom stereocenters. The topological polar surface area (TPSA) is 158 Å². The number of hydrogen-bond donors (Lipinski definition) is 6. The van der Waals surface area contributed by atoms with Crippen LogP contribution in [0.3, 0.4) is 0 Å². The summed E-state index contributed by atoms with van der Waals surface area (Å²) in [5.41, 5.74) is 2.74. The number of aromatic nitrogens is 2. The van der Waals surface area contributed by atoms with Gasteiger partial charge < -0.3 is 26.4 Å². The zero-order valence-corrected chi connectivity index (χ0v) is 31.4. The minimum atomic E-state index is -1.15. The molecular formula is C38H66FN7O2. The SMILES string of the molecule is CC1CCC(=O)NC1.CCC(=N)C(=N)C(=O)NC(c1cnc(C)[nH]1)C1CCC(C)(F)CC1.CCCCCC(CCC)C(C(C)=N)=C(C)C. The van der Waals surface area contributed by atoms with E-state index in [0.717, 1.165) is 36.6 Å². The summed E-state index contributed by atoms with van der Waals surface area (Å²) in [5.74, 6) is 1.79. The predicted octanol–water partition coefficient (Wildman–Crippen LogP) is 9.13. The maximum atomic E-state index is 14.1. The number of carbonyl (C=O) groups is 2. The minimum absolute atomic E-state index is 0.00650. The van der Waals surface area contributed by atoms with Gasteiger partial charge in [-0.2, -0.15) is 0 Å². The highest BCUT2D eigenvalue weighted by Crippen LogP contribution is 2.40. The van der Waals surface area contributed by atoms with Gasteiger partial charge in [0.05, 0.1) is 23.6 Å². The van der Waals surface area contributed by atoms with Crippen LogP contribution in [-0.4, -0.2) is 51.1 Å². The Labute approximate surface area is 290 Å². The molecule has 2 amide bonds. The van der Waals surface area contributed by atoms with Crippen LogP contribution >= 0.6 is 0 Å². The summed E-state index contributed by atoms with van der Waals surface area (Å²) in [5, 5.41) is 29.1. The van der Waals surface area contributed by atoms with E-state index in [9.17, 15) is 14.0 Å². The second-order valence-corrected chi connectivity index (χ2v) is 14.3. The Morgan fingerprint density at radius 3 is 2.15 bits per heavy atom. The molecule has 3 unspecified atom stereocenters. The van der Waals surface area contributed by atoms with Gasteiger partial charge in [0.1, 0.15) is 17.2 Å². The molecule has 1 aliphatic carbocycles. The molecule has 1 aliphatic heterocycles. The predicted molar refractivity (Wildman–Crippen MR) is 197 cm³/mol. The number of imidazole rings is 1. The monoisotopic (exact) mass is 672 g/mol. The molecule has 1 aromatic heterocycles. The molecule has 10 heteroatoms. The fourth-order valence-electron chi connectivity index (χ4n) is 6.52. The first-order valence-corrected chi connectivity index (χ1v) is 18.2. The Kier molecular flexibility index (Phi) is 19.4. The van der Waals surface area contributed by atoms with Crippen molar-refractivity contribution in [3.63, 3.8) is 0 Å². The van der Waals surface area contributed by atoms with E-state index in [1.807, 2.05) is 13.8 Å². The molecule has 2 heterocycles. The van der Waals surface area contributed by atoms with Gasteiger partial charge in [0, 0.05) is 18.7 Å². The second-order valence-electron chi connectivity index (χ2n) is 14.3. The number of halogens is 1. The lowest BCUT2D eigenvalue weighted by atomic mass is 9.77. The molecule has 3 rings (SSSR count). The molecule has 1 saturated carbocycles. The molecule has 0 bridgehead atoms. The van der Waals surface area contributed by atoms with Crippen molar-refractivity contribution < 1.29 is 14.0 Å². The molecule has 0 spiro atoms. The van der Waals surface area contributed by atoms with Crippen LogP contribution in [0.2, 0.25) is 0 Å². The Morgan fingerprint density at radius 1 is 1.06 bits per heavy atom. The van der Waals surface area contributed by atoms with E-state index in [1.54, 1.807) is 20.0 Å². The first kappa shape index (κ1) is 42.9. The summed E-state index contributed by atoms with van der Waals surface area (Å²) < 4.78 is 14.1. The highest BCUT2D eigenvalue weighted by molar-refractivity contribution is 6.65. The van der Waals surface area contributed by atoms with Gasteiger partial charge in [-0.3, -0.25) is 15.0 Å². The fourth-order valence-corrected chi connectivity index (χ4v) is 6.52. The van der Waals surface area contributed by atoms with E-state index >= 15 is 0 Å². The molecule has 272 valence electrons. The summed E-state index contributed by atoms with van der Waals surface area (Å²) in [7, 11) is 0. The molecule has 0 radical (unpaired) electrons. The second kappa shape index (κ2) is 21.7. The van der Waals surface area contributed by atoms with Crippen molar-refractivity contribution in [3.05, 3.63) is 28.9 Å². The smallest absolute Gasteiger partial charge is 0.271 e. The van der Waals surface area contributed by atoms with Crippen molar-refractivity contribution >= 4 is 28.9 Å². The number of nitrogens with zero attached hydrogens (tertiary/aromatic N) is 1. The number of allylic oxidation sites excluding steroid dienone is 2. The Morgan fingerprint density at radius 2 is 1.71 bits per heavy atom. The first-order valence-electron chi connectivity index (χ1n) is 18.2. The summed E-state index contributed by atoms with van der Waals surface area (Å²) in [6, 6.07) is -0.347. The van der Waals surface area contributed by atoms with Crippen molar-refractivity contribution in [2.24, 2.45) is 17.8 Å². The standard InChI is InChI=1S/C17H26FN5O.C15H29N.C6H11NO/c1-4-12(19)14(20)16(24)23-15(13-9-21-10(2)22-13)11-5-7-17(3,18)8-6-11;1-6-8-9-11-14(10-7-2)15(12(3)4)13(5)16;1-5-2-3-6(8)7-4-5/h9,11,15,19-20H,4-8H2,1-3H3,(H,21,22)(H,23,24);14,16H,6-11H2,1-5H3;5H,2-4H2,1H3,(H,7,8). The average molecular weight is 672 g/mol. The van der Waals surface area contributed by atoms with Gasteiger partial charge >= 0.3 is 0 Å². The van der Waals surface area contributed by atoms with Crippen molar-refractivity contribution in [2.45, 2.75) is 157 Å². The number of unbranched alkanes of at least 4 members (excludes halogenated alkanes) is 2. The average Bonchev–Trinajstić information content (AvgIpc) is 3.46. The van der Waals surface area contributed by atoms with E-state index in [1.165, 1.54) is 49.7 Å². The number of rotatable bonds is 14. The lowest BCUT2D eigenvalue weighted by Crippen LogP contribution is -2.42. The number of H-pyrrole nitrogens is 1. The van der Waals surface area contributed by atoms with Crippen molar-refractivity contribution in [2.75, 3.05) is 6.54 Å². The van der Waals surface area contributed by atoms with Crippen LogP contribution in [0.5, 0.6) is 0 Å². The maximum absolute atomic E-state index is 14.1. The molecule has 6 N–H and O–H groups in total. The number of nitrogens with one attached hydrogen (secondary N) is 6. The molecule has 9 nitrogen and oxygen atoms in total. The van der Waals surface area contributed by atoms with E-state index in [0.29, 0.717) is 43.9 Å². The van der Waals surface area contributed by atoms with E-state index in [4.69, 9.17) is 16.2 Å². The van der Waals surface area contributed by atoms with Gasteiger partial charge in [-0.1, -0.05) is 59.0 Å². The number of aryl methyl sites for hydroxylation is 1. The van der Waals surface area contributed by atoms with E-state index < -0.39 is 11.6 Å². The van der Waals surface area contributed by atoms with E-state index in [-0.39, 0.29) is 29.3 Å². The summed E-state index contributed by atoms with van der Waals surface area (Å²) in [4.78, 5) is 30.1. The molecule has 1 saturated heterocycles.